The third-order valence-electron chi connectivity index (χ3n) is 1.71. The quantitative estimate of drug-likeness (QED) is 0.472. The van der Waals surface area contributed by atoms with Crippen LogP contribution in [-0.4, -0.2) is 5.75 Å². The Bertz CT molecular complexity index is 422. The van der Waals surface area contributed by atoms with Gasteiger partial charge in [-0.1, -0.05) is 75.7 Å². The molecule has 3 rings (SSSR count). The van der Waals surface area contributed by atoms with Crippen LogP contribution in [0.25, 0.3) is 0 Å². The zero-order valence-corrected chi connectivity index (χ0v) is 14.8. The molecule has 0 amide bonds. The molecule has 0 atom stereocenters. The van der Waals surface area contributed by atoms with Crippen molar-refractivity contribution in [2.45, 2.75) is 0 Å². The SMILES string of the molecule is C1=CSC(=C2SC=C(SC3=CCSSS3)S2)S1. The second kappa shape index (κ2) is 6.97. The van der Waals surface area contributed by atoms with Gasteiger partial charge in [-0.25, -0.2) is 0 Å². The molecule has 0 aromatic heterocycles. The highest BCUT2D eigenvalue weighted by atomic mass is 33.5. The Morgan fingerprint density at radius 3 is 2.65 bits per heavy atom. The summed E-state index contributed by atoms with van der Waals surface area (Å²) in [5, 5.41) is 6.60. The fourth-order valence-corrected chi connectivity index (χ4v) is 11.5. The molecule has 3 aliphatic heterocycles. The number of rotatable bonds is 2. The van der Waals surface area contributed by atoms with Crippen LogP contribution in [0.15, 0.2) is 39.2 Å². The van der Waals surface area contributed by atoms with Gasteiger partial charge in [0.1, 0.15) is 0 Å². The van der Waals surface area contributed by atoms with Crippen LogP contribution in [0.1, 0.15) is 0 Å². The lowest BCUT2D eigenvalue weighted by Crippen LogP contribution is -1.76. The van der Waals surface area contributed by atoms with E-state index < -0.39 is 0 Å². The lowest BCUT2D eigenvalue weighted by molar-refractivity contribution is 1.81. The first-order chi connectivity index (χ1) is 8.42. The lowest BCUT2D eigenvalue weighted by Gasteiger charge is -2.09. The van der Waals surface area contributed by atoms with E-state index in [1.165, 1.54) is 16.9 Å². The van der Waals surface area contributed by atoms with Gasteiger partial charge < -0.3 is 0 Å². The fourth-order valence-electron chi connectivity index (χ4n) is 1.06. The Kier molecular flexibility index (Phi) is 5.63. The molecule has 3 aliphatic rings. The first-order valence-electron chi connectivity index (χ1n) is 4.53. The maximum atomic E-state index is 2.33. The van der Waals surface area contributed by atoms with Crippen LogP contribution in [0.5, 0.6) is 0 Å². The van der Waals surface area contributed by atoms with E-state index in [1.807, 2.05) is 90.2 Å². The van der Waals surface area contributed by atoms with Crippen molar-refractivity contribution in [3.05, 3.63) is 39.2 Å². The van der Waals surface area contributed by atoms with Gasteiger partial charge in [0.05, 0.1) is 16.9 Å². The summed E-state index contributed by atoms with van der Waals surface area (Å²) in [6.07, 6.45) is 2.33. The van der Waals surface area contributed by atoms with E-state index in [-0.39, 0.29) is 0 Å². The van der Waals surface area contributed by atoms with E-state index in [1.54, 1.807) is 0 Å². The molecule has 0 radical (unpaired) electrons. The molecule has 0 saturated carbocycles. The number of thioether (sulfide) groups is 5. The Balaban J connectivity index is 1.60. The van der Waals surface area contributed by atoms with E-state index in [4.69, 9.17) is 0 Å². The molecule has 90 valence electrons. The molecule has 0 aromatic rings. The van der Waals surface area contributed by atoms with Gasteiger partial charge in [-0.2, -0.15) is 0 Å². The number of hydrogen-bond donors (Lipinski definition) is 0. The maximum Gasteiger partial charge on any atom is 0.0705 e. The van der Waals surface area contributed by atoms with Crippen LogP contribution in [0.3, 0.4) is 0 Å². The highest BCUT2D eigenvalue weighted by Crippen LogP contribution is 2.59. The van der Waals surface area contributed by atoms with E-state index in [9.17, 15) is 0 Å². The van der Waals surface area contributed by atoms with E-state index in [0.717, 1.165) is 5.75 Å². The molecule has 0 aliphatic carbocycles. The van der Waals surface area contributed by atoms with Crippen molar-refractivity contribution in [2.75, 3.05) is 5.75 Å². The zero-order valence-electron chi connectivity index (χ0n) is 8.28. The van der Waals surface area contributed by atoms with Gasteiger partial charge in [-0.3, -0.25) is 0 Å². The summed E-state index contributed by atoms with van der Waals surface area (Å²) in [5.41, 5.74) is 0. The fraction of sp³-hybridized carbons (Fsp3) is 0.111. The van der Waals surface area contributed by atoms with Gasteiger partial charge in [-0.05, 0) is 36.8 Å². The average molecular weight is 371 g/mol. The molecule has 0 bridgehead atoms. The first-order valence-corrected chi connectivity index (χ1v) is 12.5. The first kappa shape index (κ1) is 13.7. The maximum absolute atomic E-state index is 2.33. The summed E-state index contributed by atoms with van der Waals surface area (Å²) in [5.74, 6) is 1.13. The summed E-state index contributed by atoms with van der Waals surface area (Å²) in [4.78, 5) is 0. The van der Waals surface area contributed by atoms with Crippen molar-refractivity contribution in [1.82, 2.24) is 0 Å². The lowest BCUT2D eigenvalue weighted by atomic mass is 10.8. The van der Waals surface area contributed by atoms with Crippen LogP contribution in [0.4, 0.5) is 0 Å². The molecular weight excluding hydrogens is 365 g/mol. The Morgan fingerprint density at radius 1 is 1.00 bits per heavy atom. The van der Waals surface area contributed by atoms with Gasteiger partial charge in [-0.15, -0.1) is 0 Å². The molecule has 0 spiro atoms. The molecule has 0 nitrogen and oxygen atoms in total. The van der Waals surface area contributed by atoms with Crippen molar-refractivity contribution in [3.63, 3.8) is 0 Å². The van der Waals surface area contributed by atoms with Gasteiger partial charge in [0.25, 0.3) is 0 Å². The molecule has 0 saturated heterocycles. The summed E-state index contributed by atoms with van der Waals surface area (Å²) in [6.45, 7) is 0. The van der Waals surface area contributed by atoms with E-state index in [2.05, 4.69) is 22.3 Å². The van der Waals surface area contributed by atoms with Crippen LogP contribution in [-0.2, 0) is 0 Å². The highest BCUT2D eigenvalue weighted by Gasteiger charge is 2.20. The molecule has 3 heterocycles. The third kappa shape index (κ3) is 3.87. The van der Waals surface area contributed by atoms with E-state index >= 15 is 0 Å². The van der Waals surface area contributed by atoms with E-state index in [0.29, 0.717) is 0 Å². The number of hydrogen-bond acceptors (Lipinski definition) is 8. The second-order valence-electron chi connectivity index (χ2n) is 2.80. The Morgan fingerprint density at radius 2 is 1.88 bits per heavy atom. The van der Waals surface area contributed by atoms with Crippen LogP contribution in [0, 0.1) is 0 Å². The second-order valence-corrected chi connectivity index (χ2v) is 12.8. The van der Waals surface area contributed by atoms with Gasteiger partial charge in [0, 0.05) is 5.75 Å². The van der Waals surface area contributed by atoms with Crippen molar-refractivity contribution < 1.29 is 0 Å². The molecule has 17 heavy (non-hydrogen) atoms. The van der Waals surface area contributed by atoms with Crippen LogP contribution in [0.2, 0.25) is 0 Å². The molecule has 0 fully saturated rings. The molecule has 0 aromatic carbocycles. The summed E-state index contributed by atoms with van der Waals surface area (Å²) < 4.78 is 5.72. The predicted molar refractivity (Wildman–Crippen MR) is 97.9 cm³/mol. The molecule has 8 heteroatoms. The standard InChI is InChI=1S/C9H6S8/c1-2-13-17-16-6(1)14-7-5-12-9(15-7)8-10-3-4-11-8/h1,3-5H,2H2. The smallest absolute Gasteiger partial charge is 0.0705 e. The normalized spacial score (nSPS) is 24.2. The van der Waals surface area contributed by atoms with Crippen molar-refractivity contribution in [3.8, 4) is 0 Å². The molecular formula is C9H6S8. The largest absolute Gasteiger partial charge is 0.0884 e. The highest BCUT2D eigenvalue weighted by molar-refractivity contribution is 9.11. The van der Waals surface area contributed by atoms with Crippen molar-refractivity contribution in [1.29, 1.82) is 0 Å². The molecule has 0 N–H and O–H groups in total. The summed E-state index contributed by atoms with van der Waals surface area (Å²) in [7, 11) is 5.68. The van der Waals surface area contributed by atoms with Crippen molar-refractivity contribution in [2.24, 2.45) is 0 Å². The minimum Gasteiger partial charge on any atom is -0.0884 e. The van der Waals surface area contributed by atoms with Gasteiger partial charge in [0.2, 0.25) is 0 Å². The van der Waals surface area contributed by atoms with Crippen LogP contribution < -0.4 is 0 Å². The summed E-state index contributed by atoms with van der Waals surface area (Å²) in [6, 6.07) is 0. The zero-order chi connectivity index (χ0) is 11.5. The van der Waals surface area contributed by atoms with Crippen LogP contribution >= 0.6 is 90.2 Å². The Hall–Kier alpha value is 1.76. The van der Waals surface area contributed by atoms with Crippen molar-refractivity contribution >= 4 is 90.2 Å². The minimum absolute atomic E-state index is 1.13. The average Bonchev–Trinajstić information content (AvgIpc) is 3.00. The van der Waals surface area contributed by atoms with Gasteiger partial charge >= 0.3 is 0 Å². The predicted octanol–water partition coefficient (Wildman–Crippen LogP) is 6.96. The topological polar surface area (TPSA) is 0 Å². The minimum atomic E-state index is 1.13. The summed E-state index contributed by atoms with van der Waals surface area (Å²) >= 11 is 9.37. The van der Waals surface area contributed by atoms with Gasteiger partial charge in [0.15, 0.2) is 0 Å². The third-order valence-corrected chi connectivity index (χ3v) is 12.4. The molecule has 0 unspecified atom stereocenters. The Labute approximate surface area is 134 Å². The monoisotopic (exact) mass is 370 g/mol.